The van der Waals surface area contributed by atoms with Crippen LogP contribution in [0.2, 0.25) is 0 Å². The summed E-state index contributed by atoms with van der Waals surface area (Å²) in [6.07, 6.45) is 14.7. The third-order valence-corrected chi connectivity index (χ3v) is 3.44. The van der Waals surface area contributed by atoms with E-state index in [1.807, 2.05) is 6.08 Å². The lowest BCUT2D eigenvalue weighted by molar-refractivity contribution is 0.656. The Balaban J connectivity index is 3.96. The van der Waals surface area contributed by atoms with Gasteiger partial charge in [0.05, 0.1) is 0 Å². The molecule has 130 valence electrons. The number of nitrogens with zero attached hydrogens (tertiary/aromatic N) is 3. The summed E-state index contributed by atoms with van der Waals surface area (Å²) in [6, 6.07) is 0. The summed E-state index contributed by atoms with van der Waals surface area (Å²) in [4.78, 5) is 10.7. The van der Waals surface area contributed by atoms with E-state index in [1.165, 1.54) is 18.4 Å². The second-order valence-corrected chi connectivity index (χ2v) is 5.14. The predicted octanol–water partition coefficient (Wildman–Crippen LogP) is 4.42. The van der Waals surface area contributed by atoms with Gasteiger partial charge in [0.2, 0.25) is 0 Å². The fraction of sp³-hybridized carbons (Fsp3) is 0. The number of allylic oxidation sites excluding steroid dienone is 9. The highest BCUT2D eigenvalue weighted by Crippen LogP contribution is 2.36. The Kier molecular flexibility index (Phi) is 8.54. The summed E-state index contributed by atoms with van der Waals surface area (Å²) in [7, 11) is 11.9. The van der Waals surface area contributed by atoms with Crippen molar-refractivity contribution in [3.8, 4) is 0 Å². The smallest absolute Gasteiger partial charge is 0.146 e. The van der Waals surface area contributed by atoms with Gasteiger partial charge in [-0.15, -0.1) is 0 Å². The van der Waals surface area contributed by atoms with Gasteiger partial charge in [-0.3, -0.25) is 4.90 Å². The molecular weight excluding hydrogens is 328 g/mol. The minimum absolute atomic E-state index is 0.241. The molecule has 0 amide bonds. The number of hydrogen-bond acceptors (Lipinski definition) is 2. The van der Waals surface area contributed by atoms with Crippen molar-refractivity contribution in [3.63, 3.8) is 0 Å². The van der Waals surface area contributed by atoms with E-state index in [9.17, 15) is 0 Å². The quantitative estimate of drug-likeness (QED) is 0.344. The first-order chi connectivity index (χ1) is 13.0. The third-order valence-electron chi connectivity index (χ3n) is 3.44. The number of amidine groups is 1. The SMILES string of the molecule is [B]C(C=C)=NC1=C(C=C)/C(=C/C=C)C(=NC=C)N1C(/C=C(/[B])C=C)=C/C=C. The molecule has 0 aliphatic carbocycles. The highest BCUT2D eigenvalue weighted by molar-refractivity contribution is 6.63. The Morgan fingerprint density at radius 3 is 2.15 bits per heavy atom. The molecule has 0 aromatic rings. The van der Waals surface area contributed by atoms with Gasteiger partial charge in [-0.25, -0.2) is 9.98 Å². The summed E-state index contributed by atoms with van der Waals surface area (Å²) < 4.78 is 0. The van der Waals surface area contributed by atoms with Crippen molar-refractivity contribution >= 4 is 27.1 Å². The highest BCUT2D eigenvalue weighted by atomic mass is 15.3. The first-order valence-electron chi connectivity index (χ1n) is 8.06. The molecule has 0 unspecified atom stereocenters. The van der Waals surface area contributed by atoms with E-state index in [-0.39, 0.29) is 5.61 Å². The molecular formula is C22H21B2N3. The molecule has 0 atom stereocenters. The van der Waals surface area contributed by atoms with Crippen molar-refractivity contribution in [2.24, 2.45) is 9.98 Å². The van der Waals surface area contributed by atoms with E-state index in [0.717, 1.165) is 11.1 Å². The van der Waals surface area contributed by atoms with Gasteiger partial charge in [-0.1, -0.05) is 81.4 Å². The normalized spacial score (nSPS) is 18.7. The van der Waals surface area contributed by atoms with Crippen molar-refractivity contribution in [2.75, 3.05) is 0 Å². The van der Waals surface area contributed by atoms with Crippen LogP contribution in [0.5, 0.6) is 0 Å². The number of hydrogen-bond donors (Lipinski definition) is 0. The van der Waals surface area contributed by atoms with Gasteiger partial charge in [-0.05, 0) is 17.8 Å². The fourth-order valence-electron chi connectivity index (χ4n) is 2.34. The number of rotatable bonds is 9. The largest absolute Gasteiger partial charge is 0.278 e. The Hall–Kier alpha value is -3.33. The minimum atomic E-state index is 0.241. The Labute approximate surface area is 164 Å². The maximum absolute atomic E-state index is 5.96. The molecule has 0 fully saturated rings. The second-order valence-electron chi connectivity index (χ2n) is 5.14. The van der Waals surface area contributed by atoms with Crippen LogP contribution in [-0.4, -0.2) is 32.0 Å². The topological polar surface area (TPSA) is 28.0 Å². The van der Waals surface area contributed by atoms with E-state index in [2.05, 4.69) is 49.5 Å². The lowest BCUT2D eigenvalue weighted by atomic mass is 9.94. The molecule has 27 heavy (non-hydrogen) atoms. The molecule has 0 aromatic heterocycles. The van der Waals surface area contributed by atoms with Crippen molar-refractivity contribution in [3.05, 3.63) is 122 Å². The summed E-state index contributed by atoms with van der Waals surface area (Å²) in [5.74, 6) is 1.08. The van der Waals surface area contributed by atoms with Crippen LogP contribution >= 0.6 is 0 Å². The van der Waals surface area contributed by atoms with Gasteiger partial charge < -0.3 is 0 Å². The molecule has 4 radical (unpaired) electrons. The Morgan fingerprint density at radius 2 is 1.67 bits per heavy atom. The van der Waals surface area contributed by atoms with E-state index < -0.39 is 0 Å². The monoisotopic (exact) mass is 349 g/mol. The van der Waals surface area contributed by atoms with E-state index in [4.69, 9.17) is 15.7 Å². The van der Waals surface area contributed by atoms with Crippen LogP contribution in [0.25, 0.3) is 0 Å². The molecule has 0 saturated carbocycles. The average Bonchev–Trinajstić information content (AvgIpc) is 2.94. The van der Waals surface area contributed by atoms with Crippen LogP contribution in [0.1, 0.15) is 0 Å². The van der Waals surface area contributed by atoms with Gasteiger partial charge >= 0.3 is 0 Å². The van der Waals surface area contributed by atoms with Crippen LogP contribution in [0.15, 0.2) is 132 Å². The van der Waals surface area contributed by atoms with E-state index >= 15 is 0 Å². The van der Waals surface area contributed by atoms with Crippen LogP contribution in [0.3, 0.4) is 0 Å². The maximum atomic E-state index is 5.96. The number of aliphatic imine (C=N–C) groups is 2. The summed E-state index contributed by atoms with van der Waals surface area (Å²) in [5.41, 5.74) is 2.84. The molecule has 3 nitrogen and oxygen atoms in total. The first kappa shape index (κ1) is 21.7. The molecule has 0 aromatic carbocycles. The maximum Gasteiger partial charge on any atom is 0.146 e. The summed E-state index contributed by atoms with van der Waals surface area (Å²) in [5, 5.41) is 0. The van der Waals surface area contributed by atoms with Gasteiger partial charge in [0, 0.05) is 23.0 Å². The highest BCUT2D eigenvalue weighted by Gasteiger charge is 2.33. The standard InChI is InChI=1S/C22H21B2N3/c1-7-13-17(15-16(23)9-3)27-21(25-12-6)19(14-8-2)18(10-4)22(27)26-20(24)11-5/h7-15H,1-6H2/b16-15+,17-13+,19-14-,25-21?,26-20?. The van der Waals surface area contributed by atoms with Crippen molar-refractivity contribution in [2.45, 2.75) is 0 Å². The van der Waals surface area contributed by atoms with Crippen LogP contribution in [-0.2, 0) is 0 Å². The molecule has 1 rings (SSSR count). The summed E-state index contributed by atoms with van der Waals surface area (Å²) in [6.45, 7) is 22.5. The van der Waals surface area contributed by atoms with Crippen molar-refractivity contribution < 1.29 is 0 Å². The molecule has 5 heteroatoms. The predicted molar refractivity (Wildman–Crippen MR) is 121 cm³/mol. The molecule has 1 heterocycles. The third kappa shape index (κ3) is 5.08. The lowest BCUT2D eigenvalue weighted by Gasteiger charge is -2.22. The van der Waals surface area contributed by atoms with Gasteiger partial charge in [-0.2, -0.15) is 0 Å². The molecule has 0 bridgehead atoms. The second kappa shape index (κ2) is 10.6. The average molecular weight is 349 g/mol. The van der Waals surface area contributed by atoms with Crippen LogP contribution in [0.4, 0.5) is 0 Å². The molecule has 1 aliphatic heterocycles. The van der Waals surface area contributed by atoms with Crippen LogP contribution in [0, 0.1) is 0 Å². The minimum Gasteiger partial charge on any atom is -0.278 e. The molecule has 0 N–H and O–H groups in total. The van der Waals surface area contributed by atoms with Gasteiger partial charge in [0.1, 0.15) is 27.3 Å². The fourth-order valence-corrected chi connectivity index (χ4v) is 2.34. The molecule has 0 spiro atoms. The molecule has 1 aliphatic rings. The van der Waals surface area contributed by atoms with Gasteiger partial charge in [0.15, 0.2) is 0 Å². The molecule has 0 saturated heterocycles. The Morgan fingerprint density at radius 1 is 0.963 bits per heavy atom. The van der Waals surface area contributed by atoms with Crippen molar-refractivity contribution in [1.29, 1.82) is 0 Å². The Bertz CT molecular complexity index is 862. The summed E-state index contributed by atoms with van der Waals surface area (Å²) >= 11 is 0. The van der Waals surface area contributed by atoms with E-state index in [0.29, 0.717) is 22.8 Å². The zero-order chi connectivity index (χ0) is 20.4. The van der Waals surface area contributed by atoms with Gasteiger partial charge in [0.25, 0.3) is 0 Å². The first-order valence-corrected chi connectivity index (χ1v) is 8.06. The van der Waals surface area contributed by atoms with E-state index in [1.54, 1.807) is 35.3 Å². The lowest BCUT2D eigenvalue weighted by Crippen LogP contribution is -2.25. The zero-order valence-corrected chi connectivity index (χ0v) is 15.4. The zero-order valence-electron chi connectivity index (χ0n) is 15.4. The van der Waals surface area contributed by atoms with Crippen LogP contribution < -0.4 is 0 Å². The van der Waals surface area contributed by atoms with Crippen molar-refractivity contribution in [1.82, 2.24) is 4.90 Å².